The SMILES string of the molecule is CCOc1ccc(OCC(=O)NC(C)c2ccc(OC(F)(F)F)cc2)cc1. The Kier molecular flexibility index (Phi) is 6.92. The second kappa shape index (κ2) is 9.16. The minimum atomic E-state index is -4.74. The van der Waals surface area contributed by atoms with Crippen LogP contribution in [0.2, 0.25) is 0 Å². The van der Waals surface area contributed by atoms with Gasteiger partial charge >= 0.3 is 6.36 Å². The van der Waals surface area contributed by atoms with Gasteiger partial charge in [0.2, 0.25) is 0 Å². The summed E-state index contributed by atoms with van der Waals surface area (Å²) in [4.78, 5) is 12.0. The van der Waals surface area contributed by atoms with Crippen LogP contribution in [0.3, 0.4) is 0 Å². The summed E-state index contributed by atoms with van der Waals surface area (Å²) in [7, 11) is 0. The van der Waals surface area contributed by atoms with Gasteiger partial charge in [-0.15, -0.1) is 13.2 Å². The molecule has 2 rings (SSSR count). The lowest BCUT2D eigenvalue weighted by Gasteiger charge is -2.16. The maximum absolute atomic E-state index is 12.2. The summed E-state index contributed by atoms with van der Waals surface area (Å²) in [5.41, 5.74) is 0.638. The van der Waals surface area contributed by atoms with E-state index >= 15 is 0 Å². The van der Waals surface area contributed by atoms with Crippen LogP contribution >= 0.6 is 0 Å². The number of benzene rings is 2. The molecule has 1 atom stereocenters. The van der Waals surface area contributed by atoms with E-state index in [2.05, 4.69) is 10.1 Å². The summed E-state index contributed by atoms with van der Waals surface area (Å²) >= 11 is 0. The second-order valence-electron chi connectivity index (χ2n) is 5.60. The molecular formula is C19H20F3NO4. The van der Waals surface area contributed by atoms with Crippen LogP contribution in [-0.2, 0) is 4.79 Å². The van der Waals surface area contributed by atoms with Crippen molar-refractivity contribution in [3.8, 4) is 17.2 Å². The van der Waals surface area contributed by atoms with Crippen LogP contribution in [0.4, 0.5) is 13.2 Å². The molecule has 0 aromatic heterocycles. The highest BCUT2D eigenvalue weighted by atomic mass is 19.4. The molecule has 2 aromatic carbocycles. The molecule has 8 heteroatoms. The van der Waals surface area contributed by atoms with E-state index in [9.17, 15) is 18.0 Å². The van der Waals surface area contributed by atoms with Gasteiger partial charge in [-0.2, -0.15) is 0 Å². The highest BCUT2D eigenvalue weighted by Crippen LogP contribution is 2.24. The second-order valence-corrected chi connectivity index (χ2v) is 5.60. The number of rotatable bonds is 8. The highest BCUT2D eigenvalue weighted by Gasteiger charge is 2.31. The number of carbonyl (C=O) groups excluding carboxylic acids is 1. The lowest BCUT2D eigenvalue weighted by Crippen LogP contribution is -2.31. The summed E-state index contributed by atoms with van der Waals surface area (Å²) in [6.07, 6.45) is -4.74. The van der Waals surface area contributed by atoms with Gasteiger partial charge < -0.3 is 19.5 Å². The fraction of sp³-hybridized carbons (Fsp3) is 0.316. The molecule has 0 aliphatic carbocycles. The summed E-state index contributed by atoms with van der Waals surface area (Å²) < 4.78 is 51.0. The molecule has 2 aromatic rings. The van der Waals surface area contributed by atoms with E-state index in [-0.39, 0.29) is 18.3 Å². The van der Waals surface area contributed by atoms with Crippen LogP contribution in [0.15, 0.2) is 48.5 Å². The molecule has 1 amide bonds. The first kappa shape index (κ1) is 20.4. The van der Waals surface area contributed by atoms with Crippen molar-refractivity contribution < 1.29 is 32.2 Å². The lowest BCUT2D eigenvalue weighted by molar-refractivity contribution is -0.274. The first-order valence-electron chi connectivity index (χ1n) is 8.27. The summed E-state index contributed by atoms with van der Waals surface area (Å²) in [5, 5.41) is 2.71. The quantitative estimate of drug-likeness (QED) is 0.741. The van der Waals surface area contributed by atoms with Crippen LogP contribution in [0, 0.1) is 0 Å². The topological polar surface area (TPSA) is 56.8 Å². The third-order valence-corrected chi connectivity index (χ3v) is 3.50. The molecule has 146 valence electrons. The van der Waals surface area contributed by atoms with Gasteiger partial charge in [0.05, 0.1) is 12.6 Å². The summed E-state index contributed by atoms with van der Waals surface area (Å²) in [6.45, 7) is 3.97. The van der Waals surface area contributed by atoms with Gasteiger partial charge in [0.15, 0.2) is 6.61 Å². The van der Waals surface area contributed by atoms with Crippen molar-refractivity contribution in [2.75, 3.05) is 13.2 Å². The van der Waals surface area contributed by atoms with E-state index in [0.29, 0.717) is 23.7 Å². The smallest absolute Gasteiger partial charge is 0.494 e. The molecule has 0 fully saturated rings. The Morgan fingerprint density at radius 3 is 2.00 bits per heavy atom. The Hall–Kier alpha value is -2.90. The van der Waals surface area contributed by atoms with Crippen molar-refractivity contribution >= 4 is 5.91 Å². The standard InChI is InChI=1S/C19H20F3NO4/c1-3-25-15-8-10-16(11-9-15)26-12-18(24)23-13(2)14-4-6-17(7-5-14)27-19(20,21)22/h4-11,13H,3,12H2,1-2H3,(H,23,24). The Morgan fingerprint density at radius 2 is 1.48 bits per heavy atom. The van der Waals surface area contributed by atoms with Crippen LogP contribution in [0.1, 0.15) is 25.5 Å². The Labute approximate surface area is 155 Å². The molecule has 0 aliphatic rings. The molecule has 0 heterocycles. The number of halogens is 3. The van der Waals surface area contributed by atoms with E-state index < -0.39 is 12.4 Å². The van der Waals surface area contributed by atoms with Crippen molar-refractivity contribution in [1.82, 2.24) is 5.32 Å². The highest BCUT2D eigenvalue weighted by molar-refractivity contribution is 5.78. The van der Waals surface area contributed by atoms with Gasteiger partial charge in [-0.05, 0) is 55.8 Å². The van der Waals surface area contributed by atoms with Crippen molar-refractivity contribution in [2.24, 2.45) is 0 Å². The van der Waals surface area contributed by atoms with Gasteiger partial charge in [0.1, 0.15) is 17.2 Å². The number of carbonyl (C=O) groups is 1. The van der Waals surface area contributed by atoms with Gasteiger partial charge in [-0.3, -0.25) is 4.79 Å². The Balaban J connectivity index is 1.82. The number of alkyl halides is 3. The van der Waals surface area contributed by atoms with E-state index in [1.165, 1.54) is 24.3 Å². The third kappa shape index (κ3) is 7.08. The first-order chi connectivity index (χ1) is 12.8. The monoisotopic (exact) mass is 383 g/mol. The number of hydrogen-bond donors (Lipinski definition) is 1. The zero-order valence-electron chi connectivity index (χ0n) is 14.9. The molecule has 0 aliphatic heterocycles. The number of nitrogens with one attached hydrogen (secondary N) is 1. The van der Waals surface area contributed by atoms with E-state index in [1.807, 2.05) is 6.92 Å². The van der Waals surface area contributed by atoms with Crippen LogP contribution in [0.25, 0.3) is 0 Å². The van der Waals surface area contributed by atoms with E-state index in [1.54, 1.807) is 31.2 Å². The lowest BCUT2D eigenvalue weighted by atomic mass is 10.1. The Morgan fingerprint density at radius 1 is 0.963 bits per heavy atom. The summed E-state index contributed by atoms with van der Waals surface area (Å²) in [6, 6.07) is 11.8. The summed E-state index contributed by atoms with van der Waals surface area (Å²) in [5.74, 6) is 0.561. The maximum atomic E-state index is 12.2. The van der Waals surface area contributed by atoms with Crippen molar-refractivity contribution in [3.63, 3.8) is 0 Å². The van der Waals surface area contributed by atoms with Gasteiger partial charge in [-0.1, -0.05) is 12.1 Å². The predicted octanol–water partition coefficient (Wildman–Crippen LogP) is 4.24. The largest absolute Gasteiger partial charge is 0.573 e. The number of hydrogen-bond acceptors (Lipinski definition) is 4. The molecule has 5 nitrogen and oxygen atoms in total. The number of amides is 1. The average Bonchev–Trinajstić information content (AvgIpc) is 2.60. The van der Waals surface area contributed by atoms with Crippen molar-refractivity contribution in [2.45, 2.75) is 26.3 Å². The molecule has 1 unspecified atom stereocenters. The van der Waals surface area contributed by atoms with Gasteiger partial charge in [0.25, 0.3) is 5.91 Å². The van der Waals surface area contributed by atoms with E-state index in [0.717, 1.165) is 0 Å². The van der Waals surface area contributed by atoms with Crippen molar-refractivity contribution in [1.29, 1.82) is 0 Å². The Bertz CT molecular complexity index is 730. The minimum absolute atomic E-state index is 0.187. The number of ether oxygens (including phenoxy) is 3. The van der Waals surface area contributed by atoms with Crippen LogP contribution in [0.5, 0.6) is 17.2 Å². The molecule has 0 bridgehead atoms. The fourth-order valence-electron chi connectivity index (χ4n) is 2.27. The predicted molar refractivity (Wildman–Crippen MR) is 92.8 cm³/mol. The average molecular weight is 383 g/mol. The fourth-order valence-corrected chi connectivity index (χ4v) is 2.27. The van der Waals surface area contributed by atoms with Gasteiger partial charge in [0, 0.05) is 0 Å². The molecule has 0 saturated heterocycles. The molecule has 0 radical (unpaired) electrons. The molecule has 27 heavy (non-hydrogen) atoms. The first-order valence-corrected chi connectivity index (χ1v) is 8.27. The third-order valence-electron chi connectivity index (χ3n) is 3.50. The molecule has 0 saturated carbocycles. The zero-order valence-corrected chi connectivity index (χ0v) is 14.9. The normalized spacial score (nSPS) is 12.2. The zero-order chi connectivity index (χ0) is 19.9. The van der Waals surface area contributed by atoms with Gasteiger partial charge in [-0.25, -0.2) is 0 Å². The van der Waals surface area contributed by atoms with Crippen molar-refractivity contribution in [3.05, 3.63) is 54.1 Å². The maximum Gasteiger partial charge on any atom is 0.573 e. The minimum Gasteiger partial charge on any atom is -0.494 e. The van der Waals surface area contributed by atoms with Crippen LogP contribution < -0.4 is 19.5 Å². The molecule has 1 N–H and O–H groups in total. The molecule has 0 spiro atoms. The molecular weight excluding hydrogens is 363 g/mol. The van der Waals surface area contributed by atoms with E-state index in [4.69, 9.17) is 9.47 Å². The van der Waals surface area contributed by atoms with Crippen LogP contribution in [-0.4, -0.2) is 25.5 Å².